The van der Waals surface area contributed by atoms with Crippen molar-refractivity contribution >= 4 is 26.1 Å². The Morgan fingerprint density at radius 2 is 1.85 bits per heavy atom. The molecular weight excluding hydrogens is 204 g/mol. The van der Waals surface area contributed by atoms with E-state index >= 15 is 0 Å². The Bertz CT molecular complexity index is 264. The second kappa shape index (κ2) is 5.39. The van der Waals surface area contributed by atoms with Gasteiger partial charge in [-0.25, -0.2) is 0 Å². The van der Waals surface area contributed by atoms with E-state index in [1.165, 1.54) is 0 Å². The highest BCUT2D eigenvalue weighted by Gasteiger charge is 2.18. The fraction of sp³-hybridized carbons (Fsp3) is 0.333. The molecule has 71 valence electrons. The maximum atomic E-state index is 5.80. The standard InChI is InChI=1S/C9H12ClO2Si/c1-11-13(12-2)9-6-4-3-5-8(9)7-10/h3-6H,7H2,1-2H3. The van der Waals surface area contributed by atoms with Gasteiger partial charge in [0.1, 0.15) is 0 Å². The van der Waals surface area contributed by atoms with Crippen LogP contribution in [-0.2, 0) is 14.7 Å². The van der Waals surface area contributed by atoms with Crippen molar-refractivity contribution in [3.8, 4) is 0 Å². The Morgan fingerprint density at radius 3 is 2.38 bits per heavy atom. The predicted octanol–water partition coefficient (Wildman–Crippen LogP) is 1.41. The second-order valence-corrected chi connectivity index (χ2v) is 4.68. The van der Waals surface area contributed by atoms with Crippen LogP contribution in [0.5, 0.6) is 0 Å². The van der Waals surface area contributed by atoms with E-state index in [1.807, 2.05) is 24.3 Å². The highest BCUT2D eigenvalue weighted by Crippen LogP contribution is 2.02. The molecule has 0 aliphatic heterocycles. The smallest absolute Gasteiger partial charge is 0.393 e. The Balaban J connectivity index is 2.96. The third-order valence-electron chi connectivity index (χ3n) is 1.75. The Kier molecular flexibility index (Phi) is 4.45. The van der Waals surface area contributed by atoms with Crippen LogP contribution in [-0.4, -0.2) is 23.5 Å². The highest BCUT2D eigenvalue weighted by atomic mass is 35.5. The Morgan fingerprint density at radius 1 is 1.23 bits per heavy atom. The van der Waals surface area contributed by atoms with Gasteiger partial charge in [-0.2, -0.15) is 0 Å². The number of halogens is 1. The van der Waals surface area contributed by atoms with Crippen LogP contribution in [0.15, 0.2) is 24.3 Å². The molecule has 1 aromatic carbocycles. The highest BCUT2D eigenvalue weighted by molar-refractivity contribution is 6.61. The van der Waals surface area contributed by atoms with Crippen LogP contribution in [0.4, 0.5) is 0 Å². The van der Waals surface area contributed by atoms with Crippen molar-refractivity contribution in [2.45, 2.75) is 5.88 Å². The lowest BCUT2D eigenvalue weighted by Crippen LogP contribution is -2.36. The van der Waals surface area contributed by atoms with E-state index in [9.17, 15) is 0 Å². The first-order valence-corrected chi connectivity index (χ1v) is 5.77. The number of alkyl halides is 1. The van der Waals surface area contributed by atoms with Crippen LogP contribution in [0.3, 0.4) is 0 Å². The van der Waals surface area contributed by atoms with E-state index in [0.717, 1.165) is 10.8 Å². The summed E-state index contributed by atoms with van der Waals surface area (Å²) in [5, 5.41) is 1.09. The minimum absolute atomic E-state index is 0.497. The van der Waals surface area contributed by atoms with Crippen LogP contribution in [0.2, 0.25) is 0 Å². The van der Waals surface area contributed by atoms with Crippen molar-refractivity contribution in [3.05, 3.63) is 29.8 Å². The van der Waals surface area contributed by atoms with Gasteiger partial charge in [-0.15, -0.1) is 11.6 Å². The molecule has 0 saturated heterocycles. The molecule has 0 unspecified atom stereocenters. The molecule has 1 aromatic rings. The molecular formula is C9H12ClO2Si. The lowest BCUT2D eigenvalue weighted by atomic mass is 10.2. The molecule has 0 aromatic heterocycles. The van der Waals surface area contributed by atoms with Gasteiger partial charge in [0, 0.05) is 25.3 Å². The first kappa shape index (κ1) is 10.7. The molecule has 0 aliphatic rings. The zero-order valence-electron chi connectivity index (χ0n) is 7.71. The first-order chi connectivity index (χ1) is 6.33. The summed E-state index contributed by atoms with van der Waals surface area (Å²) >= 11 is 5.80. The van der Waals surface area contributed by atoms with E-state index < -0.39 is 9.28 Å². The summed E-state index contributed by atoms with van der Waals surface area (Å²) in [7, 11) is 1.98. The van der Waals surface area contributed by atoms with Gasteiger partial charge in [0.2, 0.25) is 0 Å². The van der Waals surface area contributed by atoms with E-state index in [2.05, 4.69) is 0 Å². The minimum Gasteiger partial charge on any atom is -0.393 e. The second-order valence-electron chi connectivity index (χ2n) is 2.49. The average Bonchev–Trinajstić information content (AvgIpc) is 2.20. The lowest BCUT2D eigenvalue weighted by Gasteiger charge is -2.12. The molecule has 0 N–H and O–H groups in total. The molecule has 4 heteroatoms. The van der Waals surface area contributed by atoms with Crippen LogP contribution in [0, 0.1) is 0 Å². The number of hydrogen-bond acceptors (Lipinski definition) is 2. The van der Waals surface area contributed by atoms with Crippen molar-refractivity contribution in [2.24, 2.45) is 0 Å². The third kappa shape index (κ3) is 2.54. The van der Waals surface area contributed by atoms with Crippen LogP contribution in [0.1, 0.15) is 5.56 Å². The van der Waals surface area contributed by atoms with Crippen molar-refractivity contribution in [2.75, 3.05) is 14.2 Å². The van der Waals surface area contributed by atoms with E-state index in [0.29, 0.717) is 5.88 Å². The topological polar surface area (TPSA) is 18.5 Å². The van der Waals surface area contributed by atoms with E-state index in [1.54, 1.807) is 14.2 Å². The fourth-order valence-corrected chi connectivity index (χ4v) is 2.76. The normalized spacial score (nSPS) is 10.8. The molecule has 0 spiro atoms. The van der Waals surface area contributed by atoms with Gasteiger partial charge in [0.25, 0.3) is 0 Å². The number of hydrogen-bond donors (Lipinski definition) is 0. The lowest BCUT2D eigenvalue weighted by molar-refractivity contribution is 0.291. The summed E-state index contributed by atoms with van der Waals surface area (Å²) in [5.74, 6) is 0.497. The predicted molar refractivity (Wildman–Crippen MR) is 55.4 cm³/mol. The van der Waals surface area contributed by atoms with Gasteiger partial charge in [-0.05, 0) is 5.56 Å². The van der Waals surface area contributed by atoms with Gasteiger partial charge in [0.05, 0.1) is 0 Å². The van der Waals surface area contributed by atoms with Crippen LogP contribution in [0.25, 0.3) is 0 Å². The van der Waals surface area contributed by atoms with Gasteiger partial charge in [-0.1, -0.05) is 24.3 Å². The SMILES string of the molecule is CO[Si](OC)c1ccccc1CCl. The molecule has 0 bridgehead atoms. The number of benzene rings is 1. The summed E-state index contributed by atoms with van der Waals surface area (Å²) in [6.45, 7) is 0. The van der Waals surface area contributed by atoms with Crippen molar-refractivity contribution in [1.29, 1.82) is 0 Å². The molecule has 2 nitrogen and oxygen atoms in total. The van der Waals surface area contributed by atoms with E-state index in [4.69, 9.17) is 20.5 Å². The third-order valence-corrected chi connectivity index (χ3v) is 3.71. The number of rotatable bonds is 4. The van der Waals surface area contributed by atoms with Gasteiger partial charge >= 0.3 is 9.28 Å². The average molecular weight is 216 g/mol. The summed E-state index contributed by atoms with van der Waals surface area (Å²) in [5.41, 5.74) is 1.08. The zero-order valence-corrected chi connectivity index (χ0v) is 9.47. The monoisotopic (exact) mass is 215 g/mol. The van der Waals surface area contributed by atoms with Gasteiger partial charge < -0.3 is 8.85 Å². The molecule has 1 rings (SSSR count). The Hall–Kier alpha value is -0.353. The fourth-order valence-electron chi connectivity index (χ4n) is 1.14. The summed E-state index contributed by atoms with van der Waals surface area (Å²) in [6.07, 6.45) is 0. The molecule has 0 amide bonds. The van der Waals surface area contributed by atoms with Crippen molar-refractivity contribution in [1.82, 2.24) is 0 Å². The van der Waals surface area contributed by atoms with E-state index in [-0.39, 0.29) is 0 Å². The van der Waals surface area contributed by atoms with Crippen molar-refractivity contribution < 1.29 is 8.85 Å². The van der Waals surface area contributed by atoms with Gasteiger partial charge in [-0.3, -0.25) is 0 Å². The maximum absolute atomic E-state index is 5.80. The van der Waals surface area contributed by atoms with Gasteiger partial charge in [0.15, 0.2) is 0 Å². The summed E-state index contributed by atoms with van der Waals surface area (Å²) in [6, 6.07) is 7.92. The molecule has 0 saturated carbocycles. The molecule has 0 fully saturated rings. The van der Waals surface area contributed by atoms with Crippen LogP contribution < -0.4 is 5.19 Å². The molecule has 0 heterocycles. The maximum Gasteiger partial charge on any atom is 0.423 e. The van der Waals surface area contributed by atoms with Crippen LogP contribution >= 0.6 is 11.6 Å². The Labute approximate surface area is 85.3 Å². The largest absolute Gasteiger partial charge is 0.423 e. The minimum atomic E-state index is -1.33. The quantitative estimate of drug-likeness (QED) is 0.559. The molecule has 0 aliphatic carbocycles. The summed E-state index contributed by atoms with van der Waals surface area (Å²) in [4.78, 5) is 0. The molecule has 0 atom stereocenters. The zero-order chi connectivity index (χ0) is 9.68. The first-order valence-electron chi connectivity index (χ1n) is 3.92. The molecule has 13 heavy (non-hydrogen) atoms. The summed E-state index contributed by atoms with van der Waals surface area (Å²) < 4.78 is 10.5. The molecule has 1 radical (unpaired) electrons. The van der Waals surface area contributed by atoms with Crippen molar-refractivity contribution in [3.63, 3.8) is 0 Å².